The van der Waals surface area contributed by atoms with E-state index in [1.54, 1.807) is 0 Å². The number of terminal acetylenes is 1. The third-order valence-electron chi connectivity index (χ3n) is 2.55. The summed E-state index contributed by atoms with van der Waals surface area (Å²) in [4.78, 5) is 0. The highest BCUT2D eigenvalue weighted by Crippen LogP contribution is 2.14. The van der Waals surface area contributed by atoms with Crippen molar-refractivity contribution in [2.75, 3.05) is 4.43 Å². The van der Waals surface area contributed by atoms with Gasteiger partial charge in [0.15, 0.2) is 0 Å². The summed E-state index contributed by atoms with van der Waals surface area (Å²) >= 11 is 2.41. The van der Waals surface area contributed by atoms with Crippen molar-refractivity contribution in [1.29, 1.82) is 0 Å². The first-order chi connectivity index (χ1) is 7.36. The van der Waals surface area contributed by atoms with Crippen LogP contribution in [0.15, 0.2) is 30.3 Å². The number of benzene rings is 1. The second-order valence-corrected chi connectivity index (χ2v) is 4.80. The summed E-state index contributed by atoms with van der Waals surface area (Å²) < 4.78 is 1.21. The van der Waals surface area contributed by atoms with E-state index in [9.17, 15) is 0 Å². The Bertz CT molecular complexity index is 297. The lowest BCUT2D eigenvalue weighted by Crippen LogP contribution is -2.00. The van der Waals surface area contributed by atoms with Gasteiger partial charge in [0.25, 0.3) is 0 Å². The molecule has 0 N–H and O–H groups in total. The summed E-state index contributed by atoms with van der Waals surface area (Å²) in [5, 5.41) is 0. The Hall–Kier alpha value is -0.490. The van der Waals surface area contributed by atoms with Gasteiger partial charge in [0.05, 0.1) is 0 Å². The summed E-state index contributed by atoms with van der Waals surface area (Å²) in [6.07, 6.45) is 10.2. The summed E-state index contributed by atoms with van der Waals surface area (Å²) in [7, 11) is 0. The first-order valence-corrected chi connectivity index (χ1v) is 6.95. The highest BCUT2D eigenvalue weighted by Gasteiger charge is 2.04. The molecule has 0 aromatic heterocycles. The van der Waals surface area contributed by atoms with E-state index in [1.165, 1.54) is 22.8 Å². The second-order valence-electron chi connectivity index (χ2n) is 3.72. The summed E-state index contributed by atoms with van der Waals surface area (Å²) in [6, 6.07) is 10.6. The maximum atomic E-state index is 5.53. The Balaban J connectivity index is 2.32. The van der Waals surface area contributed by atoms with Crippen LogP contribution in [0.2, 0.25) is 0 Å². The summed E-state index contributed by atoms with van der Waals surface area (Å²) in [6.45, 7) is 0. The normalized spacial score (nSPS) is 12.0. The number of alkyl halides is 1. The topological polar surface area (TPSA) is 0 Å². The minimum absolute atomic E-state index is 0.458. The van der Waals surface area contributed by atoms with Gasteiger partial charge in [-0.1, -0.05) is 52.9 Å². The minimum Gasteiger partial charge on any atom is -0.120 e. The van der Waals surface area contributed by atoms with E-state index < -0.39 is 0 Å². The van der Waals surface area contributed by atoms with Crippen LogP contribution in [0, 0.1) is 18.3 Å². The fraction of sp³-hybridized carbons (Fsp3) is 0.429. The van der Waals surface area contributed by atoms with Crippen LogP contribution in [0.5, 0.6) is 0 Å². The van der Waals surface area contributed by atoms with Crippen LogP contribution in [0.4, 0.5) is 0 Å². The molecule has 0 aliphatic rings. The lowest BCUT2D eigenvalue weighted by Gasteiger charge is -2.09. The van der Waals surface area contributed by atoms with Crippen molar-refractivity contribution in [3.63, 3.8) is 0 Å². The predicted octanol–water partition coefficient (Wildman–Crippen LogP) is 4.08. The first-order valence-electron chi connectivity index (χ1n) is 5.43. The molecule has 1 aromatic carbocycles. The molecule has 1 rings (SSSR count). The van der Waals surface area contributed by atoms with Crippen LogP contribution in [-0.2, 0) is 6.42 Å². The van der Waals surface area contributed by atoms with E-state index in [4.69, 9.17) is 6.42 Å². The molecule has 0 fully saturated rings. The molecular weight excluding hydrogens is 295 g/mol. The standard InChI is InChI=1S/C14H17I/c1-2-13(9-6-12-15)10-11-14-7-4-3-5-8-14/h1,3-5,7-8,13H,6,9-12H2. The van der Waals surface area contributed by atoms with Crippen LogP contribution in [0.25, 0.3) is 0 Å². The van der Waals surface area contributed by atoms with Gasteiger partial charge in [-0.25, -0.2) is 0 Å². The highest BCUT2D eigenvalue weighted by molar-refractivity contribution is 14.1. The Labute approximate surface area is 107 Å². The number of aryl methyl sites for hydroxylation is 1. The summed E-state index contributed by atoms with van der Waals surface area (Å²) in [5.74, 6) is 3.36. The van der Waals surface area contributed by atoms with Crippen molar-refractivity contribution in [3.05, 3.63) is 35.9 Å². The van der Waals surface area contributed by atoms with Gasteiger partial charge in [0, 0.05) is 5.92 Å². The molecule has 1 aromatic rings. The van der Waals surface area contributed by atoms with Gasteiger partial charge in [-0.3, -0.25) is 0 Å². The van der Waals surface area contributed by atoms with E-state index in [-0.39, 0.29) is 0 Å². The predicted molar refractivity (Wildman–Crippen MR) is 75.2 cm³/mol. The molecule has 0 saturated heterocycles. The molecule has 0 heterocycles. The first kappa shape index (κ1) is 12.6. The largest absolute Gasteiger partial charge is 0.120 e. The molecule has 1 heteroatoms. The molecule has 0 bridgehead atoms. The molecular formula is C14H17I. The number of halogens is 1. The average molecular weight is 312 g/mol. The molecule has 15 heavy (non-hydrogen) atoms. The number of hydrogen-bond acceptors (Lipinski definition) is 0. The van der Waals surface area contributed by atoms with E-state index in [1.807, 2.05) is 0 Å². The number of hydrogen-bond donors (Lipinski definition) is 0. The minimum atomic E-state index is 0.458. The zero-order valence-corrected chi connectivity index (χ0v) is 11.1. The summed E-state index contributed by atoms with van der Waals surface area (Å²) in [5.41, 5.74) is 1.40. The lowest BCUT2D eigenvalue weighted by atomic mass is 9.96. The SMILES string of the molecule is C#CC(CCCI)CCc1ccccc1. The van der Waals surface area contributed by atoms with Crippen molar-refractivity contribution in [3.8, 4) is 12.3 Å². The maximum absolute atomic E-state index is 5.53. The van der Waals surface area contributed by atoms with E-state index in [0.717, 1.165) is 12.8 Å². The molecule has 1 atom stereocenters. The zero-order chi connectivity index (χ0) is 10.9. The lowest BCUT2D eigenvalue weighted by molar-refractivity contribution is 0.558. The van der Waals surface area contributed by atoms with Crippen LogP contribution in [0.3, 0.4) is 0 Å². The molecule has 0 aliphatic heterocycles. The van der Waals surface area contributed by atoms with Crippen molar-refractivity contribution >= 4 is 22.6 Å². The van der Waals surface area contributed by atoms with E-state index in [2.05, 4.69) is 58.8 Å². The molecule has 1 unspecified atom stereocenters. The molecule has 0 amide bonds. The van der Waals surface area contributed by atoms with Crippen LogP contribution < -0.4 is 0 Å². The van der Waals surface area contributed by atoms with Gasteiger partial charge in [-0.15, -0.1) is 12.3 Å². The monoisotopic (exact) mass is 312 g/mol. The fourth-order valence-corrected chi connectivity index (χ4v) is 2.06. The quantitative estimate of drug-likeness (QED) is 0.422. The smallest absolute Gasteiger partial charge is 0.0203 e. The average Bonchev–Trinajstić information content (AvgIpc) is 2.31. The Morgan fingerprint density at radius 3 is 2.53 bits per heavy atom. The molecule has 0 radical (unpaired) electrons. The highest BCUT2D eigenvalue weighted by atomic mass is 127. The zero-order valence-electron chi connectivity index (χ0n) is 8.95. The van der Waals surface area contributed by atoms with Crippen LogP contribution in [-0.4, -0.2) is 4.43 Å². The van der Waals surface area contributed by atoms with Crippen molar-refractivity contribution in [2.24, 2.45) is 5.92 Å². The molecule has 0 saturated carbocycles. The maximum Gasteiger partial charge on any atom is 0.0203 e. The number of rotatable bonds is 6. The Morgan fingerprint density at radius 2 is 1.93 bits per heavy atom. The van der Waals surface area contributed by atoms with Crippen LogP contribution in [0.1, 0.15) is 24.8 Å². The third-order valence-corrected chi connectivity index (χ3v) is 3.31. The molecule has 0 aliphatic carbocycles. The van der Waals surface area contributed by atoms with E-state index >= 15 is 0 Å². The fourth-order valence-electron chi connectivity index (χ4n) is 1.62. The van der Waals surface area contributed by atoms with Crippen molar-refractivity contribution in [1.82, 2.24) is 0 Å². The van der Waals surface area contributed by atoms with Crippen molar-refractivity contribution < 1.29 is 0 Å². The van der Waals surface area contributed by atoms with Gasteiger partial charge in [-0.2, -0.15) is 0 Å². The third kappa shape index (κ3) is 5.22. The molecule has 0 nitrogen and oxygen atoms in total. The Morgan fingerprint density at radius 1 is 1.20 bits per heavy atom. The van der Waals surface area contributed by atoms with Crippen molar-refractivity contribution in [2.45, 2.75) is 25.7 Å². The molecule has 0 spiro atoms. The van der Waals surface area contributed by atoms with Gasteiger partial charge >= 0.3 is 0 Å². The van der Waals surface area contributed by atoms with Crippen LogP contribution >= 0.6 is 22.6 Å². The van der Waals surface area contributed by atoms with Gasteiger partial charge in [0.1, 0.15) is 0 Å². The Kier molecular flexibility index (Phi) is 6.50. The van der Waals surface area contributed by atoms with Gasteiger partial charge in [0.2, 0.25) is 0 Å². The van der Waals surface area contributed by atoms with Gasteiger partial charge < -0.3 is 0 Å². The second kappa shape index (κ2) is 7.76. The molecule has 80 valence electrons. The van der Waals surface area contributed by atoms with E-state index in [0.29, 0.717) is 5.92 Å². The van der Waals surface area contributed by atoms with Gasteiger partial charge in [-0.05, 0) is 35.7 Å².